The highest BCUT2D eigenvalue weighted by atomic mass is 16.5. The molecule has 5 nitrogen and oxygen atoms in total. The molecule has 5 heteroatoms. The van der Waals surface area contributed by atoms with Gasteiger partial charge >= 0.3 is 0 Å². The van der Waals surface area contributed by atoms with Crippen LogP contribution in [-0.2, 0) is 4.79 Å². The minimum atomic E-state index is -0.134. The lowest BCUT2D eigenvalue weighted by Gasteiger charge is -2.26. The number of hydrogen-bond donors (Lipinski definition) is 1. The van der Waals surface area contributed by atoms with E-state index in [1.54, 1.807) is 20.3 Å². The number of likely N-dealkylation sites (tertiary alicyclic amines) is 1. The summed E-state index contributed by atoms with van der Waals surface area (Å²) >= 11 is 0. The van der Waals surface area contributed by atoms with Crippen LogP contribution in [0.25, 0.3) is 0 Å². The highest BCUT2D eigenvalue weighted by molar-refractivity contribution is 5.96. The number of ether oxygens (including phenoxy) is 2. The standard InChI is InChI=1S/C17H26N2O3/c1-13(19-10-6-4-5-7-11-19)17(20)18-15-9-8-14(21-2)12-16(15)22-3/h8-9,12-13H,4-7,10-11H2,1-3H3,(H,18,20). The maximum atomic E-state index is 12.5. The molecule has 0 aromatic heterocycles. The van der Waals surface area contributed by atoms with Crippen LogP contribution in [-0.4, -0.2) is 44.2 Å². The van der Waals surface area contributed by atoms with Crippen molar-refractivity contribution in [3.05, 3.63) is 18.2 Å². The highest BCUT2D eigenvalue weighted by Gasteiger charge is 2.22. The first-order valence-electron chi connectivity index (χ1n) is 7.92. The lowest BCUT2D eigenvalue weighted by molar-refractivity contribution is -0.120. The summed E-state index contributed by atoms with van der Waals surface area (Å²) in [5, 5.41) is 2.97. The fourth-order valence-corrected chi connectivity index (χ4v) is 2.79. The molecule has 22 heavy (non-hydrogen) atoms. The lowest BCUT2D eigenvalue weighted by Crippen LogP contribution is -2.42. The van der Waals surface area contributed by atoms with Crippen molar-refractivity contribution in [2.75, 3.05) is 32.6 Å². The van der Waals surface area contributed by atoms with Gasteiger partial charge in [0.05, 0.1) is 25.9 Å². The number of nitrogens with one attached hydrogen (secondary N) is 1. The van der Waals surface area contributed by atoms with E-state index in [1.807, 2.05) is 19.1 Å². The molecule has 1 saturated heterocycles. The zero-order valence-corrected chi connectivity index (χ0v) is 13.7. The molecule has 122 valence electrons. The van der Waals surface area contributed by atoms with Crippen LogP contribution in [0.15, 0.2) is 18.2 Å². The number of rotatable bonds is 5. The summed E-state index contributed by atoms with van der Waals surface area (Å²) < 4.78 is 10.5. The van der Waals surface area contributed by atoms with Crippen molar-refractivity contribution in [3.63, 3.8) is 0 Å². The van der Waals surface area contributed by atoms with Crippen LogP contribution in [0.4, 0.5) is 5.69 Å². The Morgan fingerprint density at radius 2 is 1.82 bits per heavy atom. The Morgan fingerprint density at radius 1 is 1.14 bits per heavy atom. The maximum absolute atomic E-state index is 12.5. The highest BCUT2D eigenvalue weighted by Crippen LogP contribution is 2.29. The molecule has 0 aliphatic carbocycles. The van der Waals surface area contributed by atoms with Crippen LogP contribution in [0.1, 0.15) is 32.6 Å². The number of anilines is 1. The van der Waals surface area contributed by atoms with Crippen LogP contribution in [0.2, 0.25) is 0 Å². The van der Waals surface area contributed by atoms with E-state index in [2.05, 4.69) is 10.2 Å². The predicted molar refractivity (Wildman–Crippen MR) is 87.7 cm³/mol. The molecule has 1 aliphatic heterocycles. The van der Waals surface area contributed by atoms with Crippen molar-refractivity contribution < 1.29 is 14.3 Å². The second kappa shape index (κ2) is 8.03. The summed E-state index contributed by atoms with van der Waals surface area (Å²) in [5.41, 5.74) is 0.676. The van der Waals surface area contributed by atoms with Gasteiger partial charge in [0.2, 0.25) is 5.91 Å². The second-order valence-corrected chi connectivity index (χ2v) is 5.68. The fourth-order valence-electron chi connectivity index (χ4n) is 2.79. The molecule has 1 aliphatic rings. The number of hydrogen-bond acceptors (Lipinski definition) is 4. The third-order valence-electron chi connectivity index (χ3n) is 4.23. The fraction of sp³-hybridized carbons (Fsp3) is 0.588. The number of carbonyl (C=O) groups is 1. The SMILES string of the molecule is COc1ccc(NC(=O)C(C)N2CCCCCC2)c(OC)c1. The van der Waals surface area contributed by atoms with E-state index in [-0.39, 0.29) is 11.9 Å². The van der Waals surface area contributed by atoms with Crippen LogP contribution >= 0.6 is 0 Å². The first-order valence-corrected chi connectivity index (χ1v) is 7.92. The molecular formula is C17H26N2O3. The van der Waals surface area contributed by atoms with Crippen molar-refractivity contribution in [2.24, 2.45) is 0 Å². The molecule has 1 aromatic carbocycles. The van der Waals surface area contributed by atoms with E-state index in [9.17, 15) is 4.79 Å². The van der Waals surface area contributed by atoms with E-state index in [0.717, 1.165) is 13.1 Å². The topological polar surface area (TPSA) is 50.8 Å². The molecule has 1 amide bonds. The molecule has 1 heterocycles. The van der Waals surface area contributed by atoms with Crippen molar-refractivity contribution in [1.29, 1.82) is 0 Å². The first-order chi connectivity index (χ1) is 10.7. The quantitative estimate of drug-likeness (QED) is 0.909. The van der Waals surface area contributed by atoms with Gasteiger partial charge in [-0.1, -0.05) is 12.8 Å². The van der Waals surface area contributed by atoms with Crippen LogP contribution in [0.3, 0.4) is 0 Å². The number of benzene rings is 1. The predicted octanol–water partition coefficient (Wildman–Crippen LogP) is 2.91. The molecule has 1 unspecified atom stereocenters. The lowest BCUT2D eigenvalue weighted by atomic mass is 10.2. The summed E-state index contributed by atoms with van der Waals surface area (Å²) in [6.07, 6.45) is 4.86. The first kappa shape index (κ1) is 16.6. The van der Waals surface area contributed by atoms with Crippen LogP contribution in [0, 0.1) is 0 Å². The summed E-state index contributed by atoms with van der Waals surface area (Å²) in [6, 6.07) is 5.26. The van der Waals surface area contributed by atoms with Crippen LogP contribution in [0.5, 0.6) is 11.5 Å². The molecule has 0 spiro atoms. The molecule has 0 radical (unpaired) electrons. The van der Waals surface area contributed by atoms with Gasteiger partial charge in [0.1, 0.15) is 11.5 Å². The molecule has 1 aromatic rings. The van der Waals surface area contributed by atoms with Gasteiger partial charge in [0.15, 0.2) is 0 Å². The summed E-state index contributed by atoms with van der Waals surface area (Å²) in [5.74, 6) is 1.32. The third-order valence-corrected chi connectivity index (χ3v) is 4.23. The molecule has 2 rings (SSSR count). The summed E-state index contributed by atoms with van der Waals surface area (Å²) in [7, 11) is 3.19. The Balaban J connectivity index is 2.04. The van der Waals surface area contributed by atoms with E-state index >= 15 is 0 Å². The Morgan fingerprint density at radius 3 is 2.41 bits per heavy atom. The van der Waals surface area contributed by atoms with Gasteiger partial charge in [-0.15, -0.1) is 0 Å². The Kier molecular flexibility index (Phi) is 6.07. The number of amides is 1. The minimum absolute atomic E-state index is 0.00497. The number of nitrogens with zero attached hydrogens (tertiary/aromatic N) is 1. The minimum Gasteiger partial charge on any atom is -0.497 e. The average Bonchev–Trinajstić information content (AvgIpc) is 2.83. The molecule has 0 bridgehead atoms. The molecule has 1 atom stereocenters. The zero-order valence-electron chi connectivity index (χ0n) is 13.7. The van der Waals surface area contributed by atoms with E-state index < -0.39 is 0 Å². The second-order valence-electron chi connectivity index (χ2n) is 5.68. The van der Waals surface area contributed by atoms with Gasteiger partial charge in [0, 0.05) is 6.07 Å². The van der Waals surface area contributed by atoms with Gasteiger partial charge in [-0.25, -0.2) is 0 Å². The van der Waals surface area contributed by atoms with E-state index in [1.165, 1.54) is 25.7 Å². The number of carbonyl (C=O) groups excluding carboxylic acids is 1. The summed E-state index contributed by atoms with van der Waals surface area (Å²) in [6.45, 7) is 3.96. The monoisotopic (exact) mass is 306 g/mol. The van der Waals surface area contributed by atoms with Gasteiger partial charge in [0.25, 0.3) is 0 Å². The van der Waals surface area contributed by atoms with E-state index in [4.69, 9.17) is 9.47 Å². The van der Waals surface area contributed by atoms with Gasteiger partial charge in [-0.3, -0.25) is 9.69 Å². The van der Waals surface area contributed by atoms with Crippen molar-refractivity contribution >= 4 is 11.6 Å². The molecular weight excluding hydrogens is 280 g/mol. The maximum Gasteiger partial charge on any atom is 0.241 e. The van der Waals surface area contributed by atoms with Gasteiger partial charge in [-0.2, -0.15) is 0 Å². The largest absolute Gasteiger partial charge is 0.497 e. The third kappa shape index (κ3) is 4.13. The smallest absolute Gasteiger partial charge is 0.241 e. The Hall–Kier alpha value is -1.75. The van der Waals surface area contributed by atoms with Crippen molar-refractivity contribution in [3.8, 4) is 11.5 Å². The molecule has 0 saturated carbocycles. The summed E-state index contributed by atoms with van der Waals surface area (Å²) in [4.78, 5) is 14.8. The van der Waals surface area contributed by atoms with E-state index in [0.29, 0.717) is 17.2 Å². The Bertz CT molecular complexity index is 497. The molecule has 1 fully saturated rings. The van der Waals surface area contributed by atoms with Gasteiger partial charge in [-0.05, 0) is 45.0 Å². The Labute approximate surface area is 132 Å². The molecule has 1 N–H and O–H groups in total. The normalized spacial score (nSPS) is 17.4. The van der Waals surface area contributed by atoms with Crippen molar-refractivity contribution in [1.82, 2.24) is 4.90 Å². The number of methoxy groups -OCH3 is 2. The average molecular weight is 306 g/mol. The zero-order chi connectivity index (χ0) is 15.9. The van der Waals surface area contributed by atoms with Gasteiger partial charge < -0.3 is 14.8 Å². The van der Waals surface area contributed by atoms with Crippen LogP contribution < -0.4 is 14.8 Å². The van der Waals surface area contributed by atoms with Crippen molar-refractivity contribution in [2.45, 2.75) is 38.6 Å².